The number of anilines is 1. The van der Waals surface area contributed by atoms with E-state index < -0.39 is 5.82 Å². The minimum atomic E-state index is -0.510. The zero-order valence-electron chi connectivity index (χ0n) is 8.63. The van der Waals surface area contributed by atoms with Crippen LogP contribution in [0.5, 0.6) is 0 Å². The zero-order valence-corrected chi connectivity index (χ0v) is 9.38. The first-order valence-electron chi connectivity index (χ1n) is 4.57. The van der Waals surface area contributed by atoms with Crippen LogP contribution in [-0.4, -0.2) is 29.7 Å². The molecule has 0 saturated heterocycles. The second-order valence-electron chi connectivity index (χ2n) is 3.16. The first-order chi connectivity index (χ1) is 7.13. The van der Waals surface area contributed by atoms with E-state index in [0.29, 0.717) is 6.61 Å². The number of methoxy groups -OCH3 is 1. The van der Waals surface area contributed by atoms with Crippen molar-refractivity contribution in [2.45, 2.75) is 19.4 Å². The van der Waals surface area contributed by atoms with Crippen LogP contribution in [0.4, 0.5) is 10.2 Å². The van der Waals surface area contributed by atoms with Crippen molar-refractivity contribution in [3.63, 3.8) is 0 Å². The van der Waals surface area contributed by atoms with Crippen molar-refractivity contribution in [3.8, 4) is 0 Å². The van der Waals surface area contributed by atoms with Crippen LogP contribution in [0.1, 0.15) is 13.3 Å². The molecule has 1 atom stereocenters. The van der Waals surface area contributed by atoms with Gasteiger partial charge in [0.25, 0.3) is 0 Å². The van der Waals surface area contributed by atoms with E-state index in [1.54, 1.807) is 7.11 Å². The van der Waals surface area contributed by atoms with Gasteiger partial charge in [-0.2, -0.15) is 4.98 Å². The van der Waals surface area contributed by atoms with Crippen molar-refractivity contribution < 1.29 is 9.13 Å². The Morgan fingerprint density at radius 2 is 2.40 bits per heavy atom. The first-order valence-corrected chi connectivity index (χ1v) is 4.94. The topological polar surface area (TPSA) is 47.0 Å². The summed E-state index contributed by atoms with van der Waals surface area (Å²) >= 11 is 5.55. The van der Waals surface area contributed by atoms with Crippen molar-refractivity contribution in [2.24, 2.45) is 0 Å². The standard InChI is InChI=1S/C9H13ClFN3O/c1-6(3-4-15-2)13-8-7(11)5-12-9(10)14-8/h5-6H,3-4H2,1-2H3,(H,12,13,14). The molecular weight excluding hydrogens is 221 g/mol. The molecule has 84 valence electrons. The molecule has 0 fully saturated rings. The lowest BCUT2D eigenvalue weighted by Gasteiger charge is -2.14. The maximum absolute atomic E-state index is 13.2. The molecule has 1 heterocycles. The second-order valence-corrected chi connectivity index (χ2v) is 3.50. The van der Waals surface area contributed by atoms with E-state index >= 15 is 0 Å². The zero-order chi connectivity index (χ0) is 11.3. The van der Waals surface area contributed by atoms with Gasteiger partial charge in [0.2, 0.25) is 5.28 Å². The number of aromatic nitrogens is 2. The molecule has 6 heteroatoms. The van der Waals surface area contributed by atoms with Gasteiger partial charge in [-0.05, 0) is 24.9 Å². The Kier molecular flexibility index (Phi) is 4.71. The molecule has 0 spiro atoms. The summed E-state index contributed by atoms with van der Waals surface area (Å²) < 4.78 is 18.1. The van der Waals surface area contributed by atoms with Gasteiger partial charge in [0.05, 0.1) is 6.20 Å². The molecule has 15 heavy (non-hydrogen) atoms. The monoisotopic (exact) mass is 233 g/mol. The predicted molar refractivity (Wildman–Crippen MR) is 56.6 cm³/mol. The average molecular weight is 234 g/mol. The Balaban J connectivity index is 2.59. The van der Waals surface area contributed by atoms with E-state index in [1.807, 2.05) is 6.92 Å². The maximum Gasteiger partial charge on any atom is 0.224 e. The summed E-state index contributed by atoms with van der Waals surface area (Å²) in [4.78, 5) is 7.27. The predicted octanol–water partition coefficient (Wildman–Crippen LogP) is 2.11. The molecular formula is C9H13ClFN3O. The fourth-order valence-electron chi connectivity index (χ4n) is 1.05. The number of nitrogens with one attached hydrogen (secondary N) is 1. The van der Waals surface area contributed by atoms with Gasteiger partial charge in [0.15, 0.2) is 11.6 Å². The van der Waals surface area contributed by atoms with Crippen LogP contribution in [0.25, 0.3) is 0 Å². The summed E-state index contributed by atoms with van der Waals surface area (Å²) in [6.07, 6.45) is 1.80. The smallest absolute Gasteiger partial charge is 0.224 e. The van der Waals surface area contributed by atoms with Crippen molar-refractivity contribution in [1.82, 2.24) is 9.97 Å². The minimum Gasteiger partial charge on any atom is -0.385 e. The second kappa shape index (κ2) is 5.82. The summed E-state index contributed by atoms with van der Waals surface area (Å²) in [6, 6.07) is 0.0606. The van der Waals surface area contributed by atoms with E-state index in [2.05, 4.69) is 15.3 Å². The SMILES string of the molecule is COCCC(C)Nc1nc(Cl)ncc1F. The first kappa shape index (κ1) is 12.1. The number of nitrogens with zero attached hydrogens (tertiary/aromatic N) is 2. The van der Waals surface area contributed by atoms with Crippen LogP contribution in [0.3, 0.4) is 0 Å². The Morgan fingerprint density at radius 3 is 3.07 bits per heavy atom. The third-order valence-corrected chi connectivity index (χ3v) is 2.03. The van der Waals surface area contributed by atoms with E-state index in [1.165, 1.54) is 0 Å². The van der Waals surface area contributed by atoms with Gasteiger partial charge in [-0.3, -0.25) is 0 Å². The molecule has 0 aliphatic carbocycles. The molecule has 1 unspecified atom stereocenters. The summed E-state index contributed by atoms with van der Waals surface area (Å²) in [5.41, 5.74) is 0. The molecule has 4 nitrogen and oxygen atoms in total. The van der Waals surface area contributed by atoms with Crippen molar-refractivity contribution in [1.29, 1.82) is 0 Å². The fourth-order valence-corrected chi connectivity index (χ4v) is 1.18. The molecule has 0 radical (unpaired) electrons. The molecule has 1 rings (SSSR count). The summed E-state index contributed by atoms with van der Waals surface area (Å²) in [5, 5.41) is 2.92. The summed E-state index contributed by atoms with van der Waals surface area (Å²) in [7, 11) is 1.62. The maximum atomic E-state index is 13.2. The van der Waals surface area contributed by atoms with Crippen LogP contribution in [0.15, 0.2) is 6.20 Å². The van der Waals surface area contributed by atoms with Gasteiger partial charge in [0, 0.05) is 19.8 Å². The van der Waals surface area contributed by atoms with Gasteiger partial charge in [-0.25, -0.2) is 9.37 Å². The van der Waals surface area contributed by atoms with Gasteiger partial charge >= 0.3 is 0 Å². The molecule has 0 amide bonds. The minimum absolute atomic E-state index is 0.0258. The Morgan fingerprint density at radius 1 is 1.67 bits per heavy atom. The van der Waals surface area contributed by atoms with Crippen LogP contribution < -0.4 is 5.32 Å². The number of halogens is 2. The van der Waals surface area contributed by atoms with E-state index in [-0.39, 0.29) is 17.1 Å². The van der Waals surface area contributed by atoms with Crippen LogP contribution in [0, 0.1) is 5.82 Å². The Hall–Kier alpha value is -0.940. The number of hydrogen-bond donors (Lipinski definition) is 1. The largest absolute Gasteiger partial charge is 0.385 e. The van der Waals surface area contributed by atoms with Gasteiger partial charge in [0.1, 0.15) is 0 Å². The average Bonchev–Trinajstić information content (AvgIpc) is 2.20. The Labute approximate surface area is 92.8 Å². The van der Waals surface area contributed by atoms with Gasteiger partial charge in [-0.15, -0.1) is 0 Å². The molecule has 0 aliphatic rings. The quantitative estimate of drug-likeness (QED) is 0.792. The lowest BCUT2D eigenvalue weighted by molar-refractivity contribution is 0.191. The van der Waals surface area contributed by atoms with Crippen LogP contribution in [-0.2, 0) is 4.74 Å². The molecule has 0 aromatic carbocycles. The van der Waals surface area contributed by atoms with Crippen LogP contribution >= 0.6 is 11.6 Å². The van der Waals surface area contributed by atoms with Gasteiger partial charge in [-0.1, -0.05) is 0 Å². The van der Waals surface area contributed by atoms with E-state index in [9.17, 15) is 4.39 Å². The highest BCUT2D eigenvalue weighted by molar-refractivity contribution is 6.28. The lowest BCUT2D eigenvalue weighted by Crippen LogP contribution is -2.19. The molecule has 0 bridgehead atoms. The summed E-state index contributed by atoms with van der Waals surface area (Å²) in [6.45, 7) is 2.52. The normalized spacial score (nSPS) is 12.5. The number of rotatable bonds is 5. The molecule has 1 N–H and O–H groups in total. The highest BCUT2D eigenvalue weighted by atomic mass is 35.5. The van der Waals surface area contributed by atoms with Gasteiger partial charge < -0.3 is 10.1 Å². The highest BCUT2D eigenvalue weighted by Crippen LogP contribution is 2.13. The van der Waals surface area contributed by atoms with E-state index in [0.717, 1.165) is 12.6 Å². The highest BCUT2D eigenvalue weighted by Gasteiger charge is 2.08. The van der Waals surface area contributed by atoms with Crippen molar-refractivity contribution >= 4 is 17.4 Å². The van der Waals surface area contributed by atoms with Crippen molar-refractivity contribution in [3.05, 3.63) is 17.3 Å². The Bertz CT molecular complexity index is 324. The molecule has 1 aromatic heterocycles. The van der Waals surface area contributed by atoms with Crippen LogP contribution in [0.2, 0.25) is 5.28 Å². The van der Waals surface area contributed by atoms with E-state index in [4.69, 9.17) is 16.3 Å². The third kappa shape index (κ3) is 3.97. The molecule has 0 saturated carbocycles. The molecule has 1 aromatic rings. The lowest BCUT2D eigenvalue weighted by atomic mass is 10.2. The third-order valence-electron chi connectivity index (χ3n) is 1.85. The van der Waals surface area contributed by atoms with Crippen molar-refractivity contribution in [2.75, 3.05) is 19.0 Å². The molecule has 0 aliphatic heterocycles. The number of hydrogen-bond acceptors (Lipinski definition) is 4. The fraction of sp³-hybridized carbons (Fsp3) is 0.556. The summed E-state index contributed by atoms with van der Waals surface area (Å²) in [5.74, 6) is -0.387. The number of ether oxygens (including phenoxy) is 1.